The number of nitrogens with one attached hydrogen (secondary N) is 1. The molecule has 1 aliphatic carbocycles. The van der Waals surface area contributed by atoms with Gasteiger partial charge in [0.1, 0.15) is 0 Å². The Balaban J connectivity index is 2.24. The highest BCUT2D eigenvalue weighted by Crippen LogP contribution is 2.51. The van der Waals surface area contributed by atoms with Crippen LogP contribution >= 0.6 is 11.8 Å². The van der Waals surface area contributed by atoms with E-state index in [0.717, 1.165) is 24.5 Å². The maximum Gasteiger partial charge on any atom is 0.0731 e. The summed E-state index contributed by atoms with van der Waals surface area (Å²) < 4.78 is 5.59. The zero-order chi connectivity index (χ0) is 12.2. The maximum absolute atomic E-state index is 5.59. The van der Waals surface area contributed by atoms with Crippen molar-refractivity contribution in [2.24, 2.45) is 5.41 Å². The summed E-state index contributed by atoms with van der Waals surface area (Å²) >= 11 is 1.81. The maximum atomic E-state index is 5.59. The van der Waals surface area contributed by atoms with Crippen LogP contribution < -0.4 is 5.32 Å². The van der Waals surface area contributed by atoms with Crippen LogP contribution in [0.2, 0.25) is 0 Å². The minimum absolute atomic E-state index is 0.0244. The second kappa shape index (κ2) is 5.44. The van der Waals surface area contributed by atoms with Crippen molar-refractivity contribution in [2.75, 3.05) is 25.2 Å². The molecule has 0 bridgehead atoms. The predicted octanol–water partition coefficient (Wildman–Crippen LogP) is 2.15. The molecule has 3 heteroatoms. The molecular weight excluding hydrogens is 218 g/mol. The van der Waals surface area contributed by atoms with E-state index in [-0.39, 0.29) is 11.0 Å². The number of hydrogen-bond acceptors (Lipinski definition) is 3. The molecule has 0 radical (unpaired) electrons. The molecule has 2 nitrogen and oxygen atoms in total. The fourth-order valence-corrected chi connectivity index (χ4v) is 2.78. The van der Waals surface area contributed by atoms with Gasteiger partial charge in [0.2, 0.25) is 0 Å². The van der Waals surface area contributed by atoms with Gasteiger partial charge >= 0.3 is 0 Å². The van der Waals surface area contributed by atoms with Crippen LogP contribution in [0.5, 0.6) is 0 Å². The highest BCUT2D eigenvalue weighted by atomic mass is 32.2. The van der Waals surface area contributed by atoms with Crippen LogP contribution in [0.15, 0.2) is 0 Å². The molecule has 0 amide bonds. The second-order valence-electron chi connectivity index (χ2n) is 5.12. The van der Waals surface area contributed by atoms with Gasteiger partial charge in [-0.05, 0) is 13.3 Å². The summed E-state index contributed by atoms with van der Waals surface area (Å²) in [5.74, 6) is 4.53. The van der Waals surface area contributed by atoms with E-state index >= 15 is 0 Å². The lowest BCUT2D eigenvalue weighted by atomic mass is 9.56. The van der Waals surface area contributed by atoms with Gasteiger partial charge in [0.05, 0.1) is 11.4 Å². The van der Waals surface area contributed by atoms with E-state index in [0.29, 0.717) is 6.04 Å². The van der Waals surface area contributed by atoms with Crippen molar-refractivity contribution in [3.63, 3.8) is 0 Å². The summed E-state index contributed by atoms with van der Waals surface area (Å²) in [5.41, 5.74) is 0.231. The number of rotatable bonds is 6. The largest absolute Gasteiger partial charge is 0.378 e. The Labute approximate surface area is 104 Å². The molecule has 1 rings (SSSR count). The molecule has 1 aliphatic rings. The van der Waals surface area contributed by atoms with Gasteiger partial charge in [-0.2, -0.15) is 0 Å². The predicted molar refractivity (Wildman–Crippen MR) is 71.8 cm³/mol. The van der Waals surface area contributed by atoms with Crippen molar-refractivity contribution < 1.29 is 4.74 Å². The van der Waals surface area contributed by atoms with Crippen molar-refractivity contribution in [1.82, 2.24) is 5.32 Å². The summed E-state index contributed by atoms with van der Waals surface area (Å²) in [6.07, 6.45) is 6.29. The van der Waals surface area contributed by atoms with E-state index in [1.807, 2.05) is 0 Å². The first-order valence-corrected chi connectivity index (χ1v) is 6.93. The summed E-state index contributed by atoms with van der Waals surface area (Å²) in [4.78, 5) is 0. The minimum Gasteiger partial charge on any atom is -0.378 e. The summed E-state index contributed by atoms with van der Waals surface area (Å²) in [7, 11) is 1.81. The lowest BCUT2D eigenvalue weighted by molar-refractivity contribution is -0.180. The van der Waals surface area contributed by atoms with Crippen LogP contribution in [-0.4, -0.2) is 36.8 Å². The number of thioether (sulfide) groups is 1. The van der Waals surface area contributed by atoms with Crippen LogP contribution in [-0.2, 0) is 4.74 Å². The lowest BCUT2D eigenvalue weighted by Crippen LogP contribution is -2.68. The molecule has 0 aromatic heterocycles. The monoisotopic (exact) mass is 241 g/mol. The van der Waals surface area contributed by atoms with E-state index < -0.39 is 0 Å². The number of terminal acetylenes is 1. The summed E-state index contributed by atoms with van der Waals surface area (Å²) in [6, 6.07) is 0.559. The van der Waals surface area contributed by atoms with Crippen molar-refractivity contribution in [3.8, 4) is 12.3 Å². The molecule has 0 saturated heterocycles. The fraction of sp³-hybridized carbons (Fsp3) is 0.846. The molecule has 2 atom stereocenters. The third-order valence-corrected chi connectivity index (χ3v) is 4.96. The van der Waals surface area contributed by atoms with Crippen LogP contribution in [0.25, 0.3) is 0 Å². The molecule has 1 fully saturated rings. The quantitative estimate of drug-likeness (QED) is 0.569. The molecule has 1 saturated carbocycles. The average Bonchev–Trinajstić information content (AvgIpc) is 2.26. The number of hydrogen-bond donors (Lipinski definition) is 1. The first-order chi connectivity index (χ1) is 7.48. The number of methoxy groups -OCH3 is 1. The molecule has 0 aromatic rings. The highest BCUT2D eigenvalue weighted by molar-refractivity contribution is 7.99. The Kier molecular flexibility index (Phi) is 4.73. The van der Waals surface area contributed by atoms with Crippen LogP contribution in [0.1, 0.15) is 27.2 Å². The molecule has 92 valence electrons. The SMILES string of the molecule is C#CCSCCNC1CC(C)(OC)C1(C)C. The smallest absolute Gasteiger partial charge is 0.0731 e. The van der Waals surface area contributed by atoms with Gasteiger partial charge in [0, 0.05) is 30.9 Å². The lowest BCUT2D eigenvalue weighted by Gasteiger charge is -2.59. The minimum atomic E-state index is 0.0244. The Hall–Kier alpha value is -0.170. The van der Waals surface area contributed by atoms with Gasteiger partial charge in [-0.1, -0.05) is 19.8 Å². The zero-order valence-electron chi connectivity index (χ0n) is 10.8. The third kappa shape index (κ3) is 2.56. The number of ether oxygens (including phenoxy) is 1. The molecule has 2 unspecified atom stereocenters. The molecule has 0 spiro atoms. The Morgan fingerprint density at radius 1 is 1.50 bits per heavy atom. The Morgan fingerprint density at radius 3 is 2.69 bits per heavy atom. The van der Waals surface area contributed by atoms with Crippen LogP contribution in [0.3, 0.4) is 0 Å². The van der Waals surface area contributed by atoms with Crippen molar-refractivity contribution >= 4 is 11.8 Å². The standard InChI is InChI=1S/C13H23NOS/c1-6-8-16-9-7-14-11-10-13(4,15-5)12(11,2)3/h1,11,14H,7-10H2,2-5H3. The van der Waals surface area contributed by atoms with Crippen LogP contribution in [0, 0.1) is 17.8 Å². The zero-order valence-corrected chi connectivity index (χ0v) is 11.6. The topological polar surface area (TPSA) is 21.3 Å². The van der Waals surface area contributed by atoms with Crippen molar-refractivity contribution in [1.29, 1.82) is 0 Å². The molecule has 0 heterocycles. The van der Waals surface area contributed by atoms with E-state index in [1.165, 1.54) is 0 Å². The summed E-state index contributed by atoms with van der Waals surface area (Å²) in [6.45, 7) is 7.76. The van der Waals surface area contributed by atoms with Crippen LogP contribution in [0.4, 0.5) is 0 Å². The summed E-state index contributed by atoms with van der Waals surface area (Å²) in [5, 5.41) is 3.59. The van der Waals surface area contributed by atoms with E-state index in [9.17, 15) is 0 Å². The van der Waals surface area contributed by atoms with E-state index in [1.54, 1.807) is 18.9 Å². The molecular formula is C13H23NOS. The normalized spacial score (nSPS) is 31.8. The average molecular weight is 241 g/mol. The second-order valence-corrected chi connectivity index (χ2v) is 6.23. The van der Waals surface area contributed by atoms with Crippen molar-refractivity contribution in [3.05, 3.63) is 0 Å². The third-order valence-electron chi connectivity index (χ3n) is 4.10. The van der Waals surface area contributed by atoms with Gasteiger partial charge in [0.15, 0.2) is 0 Å². The van der Waals surface area contributed by atoms with Crippen molar-refractivity contribution in [2.45, 2.75) is 38.8 Å². The Morgan fingerprint density at radius 2 is 2.19 bits per heavy atom. The fourth-order valence-electron chi connectivity index (χ4n) is 2.26. The van der Waals surface area contributed by atoms with Gasteiger partial charge in [-0.25, -0.2) is 0 Å². The van der Waals surface area contributed by atoms with Gasteiger partial charge in [-0.3, -0.25) is 0 Å². The molecule has 0 aliphatic heterocycles. The molecule has 1 N–H and O–H groups in total. The van der Waals surface area contributed by atoms with E-state index in [4.69, 9.17) is 11.2 Å². The highest BCUT2D eigenvalue weighted by Gasteiger charge is 2.57. The van der Waals surface area contributed by atoms with Gasteiger partial charge < -0.3 is 10.1 Å². The first kappa shape index (κ1) is 13.9. The Bertz CT molecular complexity index is 272. The van der Waals surface area contributed by atoms with E-state index in [2.05, 4.69) is 32.0 Å². The molecule has 16 heavy (non-hydrogen) atoms. The van der Waals surface area contributed by atoms with Gasteiger partial charge in [0.25, 0.3) is 0 Å². The first-order valence-electron chi connectivity index (χ1n) is 5.77. The van der Waals surface area contributed by atoms with Gasteiger partial charge in [-0.15, -0.1) is 18.2 Å². The molecule has 0 aromatic carbocycles.